The average molecular weight is 658 g/mol. The summed E-state index contributed by atoms with van der Waals surface area (Å²) in [5.74, 6) is 0. The Hall–Kier alpha value is 0.270. The highest BCUT2D eigenvalue weighted by Crippen LogP contribution is 2.24. The van der Waals surface area contributed by atoms with Gasteiger partial charge in [0.05, 0.1) is 6.61 Å². The van der Waals surface area contributed by atoms with Gasteiger partial charge in [-0.3, -0.25) is 0 Å². The first-order valence-corrected chi connectivity index (χ1v) is 21.9. The minimum absolute atomic E-state index is 0.480. The topological polar surface area (TPSA) is 52.9 Å². The van der Waals surface area contributed by atoms with Gasteiger partial charge in [-0.15, -0.1) is 0 Å². The first-order valence-electron chi connectivity index (χ1n) is 20.7. The standard InChI is InChI=1S/C40H84NO3P/c1-3-5-7-9-11-13-15-17-21-25-29-33-37-41(38-34-30-26-22-18-16-14-12-10-8-6-4-2)39-35-31-27-23-19-20-24-28-32-36-40-44-45(42)43/h42-43H,3-40H2,1-2H3. The molecule has 0 spiro atoms. The van der Waals surface area contributed by atoms with Crippen LogP contribution >= 0.6 is 8.60 Å². The maximum Gasteiger partial charge on any atom is 0.327 e. The minimum atomic E-state index is -2.17. The molecule has 0 amide bonds. The first kappa shape index (κ1) is 45.3. The molecule has 0 aromatic heterocycles. The Kier molecular flexibility index (Phi) is 40.7. The lowest BCUT2D eigenvalue weighted by atomic mass is 10.0. The van der Waals surface area contributed by atoms with Crippen molar-refractivity contribution in [2.24, 2.45) is 0 Å². The van der Waals surface area contributed by atoms with Crippen LogP contribution in [0, 0.1) is 0 Å². The average Bonchev–Trinajstić information content (AvgIpc) is 3.03. The van der Waals surface area contributed by atoms with Gasteiger partial charge in [0.1, 0.15) is 0 Å². The molecular formula is C40H84NO3P. The van der Waals surface area contributed by atoms with Gasteiger partial charge in [0.2, 0.25) is 0 Å². The molecule has 0 bridgehead atoms. The largest absolute Gasteiger partial charge is 0.328 e. The van der Waals surface area contributed by atoms with Crippen LogP contribution in [0.25, 0.3) is 0 Å². The van der Waals surface area contributed by atoms with E-state index in [1.807, 2.05) is 0 Å². The predicted molar refractivity (Wildman–Crippen MR) is 202 cm³/mol. The quantitative estimate of drug-likeness (QED) is 0.0508. The number of hydrogen-bond acceptors (Lipinski definition) is 4. The van der Waals surface area contributed by atoms with Crippen molar-refractivity contribution in [1.82, 2.24) is 4.90 Å². The van der Waals surface area contributed by atoms with E-state index < -0.39 is 8.60 Å². The summed E-state index contributed by atoms with van der Waals surface area (Å²) in [5, 5.41) is 0. The summed E-state index contributed by atoms with van der Waals surface area (Å²) >= 11 is 0. The molecule has 0 unspecified atom stereocenters. The molecule has 5 heteroatoms. The van der Waals surface area contributed by atoms with Crippen molar-refractivity contribution in [2.75, 3.05) is 26.2 Å². The summed E-state index contributed by atoms with van der Waals surface area (Å²) in [7, 11) is -2.17. The lowest BCUT2D eigenvalue weighted by Crippen LogP contribution is -2.27. The molecule has 0 aromatic rings. The van der Waals surface area contributed by atoms with E-state index in [2.05, 4.69) is 18.7 Å². The number of hydrogen-bond donors (Lipinski definition) is 2. The van der Waals surface area contributed by atoms with E-state index in [0.29, 0.717) is 6.61 Å². The maximum atomic E-state index is 8.76. The highest BCUT2D eigenvalue weighted by molar-refractivity contribution is 7.39. The van der Waals surface area contributed by atoms with E-state index in [4.69, 9.17) is 14.3 Å². The zero-order valence-corrected chi connectivity index (χ0v) is 32.0. The second-order valence-corrected chi connectivity index (χ2v) is 15.0. The Morgan fingerprint density at radius 3 is 0.800 bits per heavy atom. The summed E-state index contributed by atoms with van der Waals surface area (Å²) in [6.45, 7) is 9.08. The molecule has 0 aliphatic carbocycles. The van der Waals surface area contributed by atoms with Crippen LogP contribution in [0.5, 0.6) is 0 Å². The highest BCUT2D eigenvalue weighted by atomic mass is 31.2. The number of rotatable bonds is 40. The summed E-state index contributed by atoms with van der Waals surface area (Å²) < 4.78 is 4.83. The van der Waals surface area contributed by atoms with Crippen molar-refractivity contribution in [3.05, 3.63) is 0 Å². The first-order chi connectivity index (χ1) is 22.2. The fourth-order valence-electron chi connectivity index (χ4n) is 6.69. The van der Waals surface area contributed by atoms with E-state index in [1.54, 1.807) is 0 Å². The van der Waals surface area contributed by atoms with Gasteiger partial charge >= 0.3 is 8.60 Å². The zero-order chi connectivity index (χ0) is 32.7. The molecule has 0 aliphatic heterocycles. The Balaban J connectivity index is 3.91. The molecule has 0 radical (unpaired) electrons. The van der Waals surface area contributed by atoms with Gasteiger partial charge in [0, 0.05) is 0 Å². The SMILES string of the molecule is CCCCCCCCCCCCCCN(CCCCCCCCCCCCCC)CCCCCCCCCCCCOP(O)O. The van der Waals surface area contributed by atoms with E-state index in [0.717, 1.165) is 12.8 Å². The second-order valence-electron chi connectivity index (χ2n) is 14.2. The molecule has 0 saturated heterocycles. The third-order valence-electron chi connectivity index (χ3n) is 9.73. The van der Waals surface area contributed by atoms with Crippen molar-refractivity contribution in [3.63, 3.8) is 0 Å². The van der Waals surface area contributed by atoms with Crippen LogP contribution < -0.4 is 0 Å². The molecule has 4 nitrogen and oxygen atoms in total. The van der Waals surface area contributed by atoms with E-state index in [-0.39, 0.29) is 0 Å². The molecule has 0 saturated carbocycles. The molecule has 0 rings (SSSR count). The molecule has 0 fully saturated rings. The normalized spacial score (nSPS) is 11.9. The lowest BCUT2D eigenvalue weighted by molar-refractivity contribution is 0.248. The zero-order valence-electron chi connectivity index (χ0n) is 31.1. The van der Waals surface area contributed by atoms with Crippen LogP contribution in [0.15, 0.2) is 0 Å². The van der Waals surface area contributed by atoms with Crippen molar-refractivity contribution in [1.29, 1.82) is 0 Å². The second kappa shape index (κ2) is 40.4. The van der Waals surface area contributed by atoms with Gasteiger partial charge in [0.15, 0.2) is 0 Å². The fourth-order valence-corrected chi connectivity index (χ4v) is 6.98. The monoisotopic (exact) mass is 658 g/mol. The lowest BCUT2D eigenvalue weighted by Gasteiger charge is -2.22. The van der Waals surface area contributed by atoms with Gasteiger partial charge in [-0.25, -0.2) is 0 Å². The Morgan fingerprint density at radius 2 is 0.556 bits per heavy atom. The van der Waals surface area contributed by atoms with Gasteiger partial charge in [0.25, 0.3) is 0 Å². The van der Waals surface area contributed by atoms with Crippen molar-refractivity contribution < 1.29 is 14.3 Å². The third kappa shape index (κ3) is 40.4. The van der Waals surface area contributed by atoms with Crippen LogP contribution in [-0.2, 0) is 4.52 Å². The van der Waals surface area contributed by atoms with Crippen LogP contribution in [0.1, 0.15) is 232 Å². The van der Waals surface area contributed by atoms with Gasteiger partial charge in [-0.2, -0.15) is 0 Å². The van der Waals surface area contributed by atoms with Crippen LogP contribution in [0.4, 0.5) is 0 Å². The van der Waals surface area contributed by atoms with Crippen molar-refractivity contribution >= 4 is 8.60 Å². The summed E-state index contributed by atoms with van der Waals surface area (Å²) in [4.78, 5) is 20.3. The Morgan fingerprint density at radius 1 is 0.333 bits per heavy atom. The third-order valence-corrected chi connectivity index (χ3v) is 10.1. The predicted octanol–water partition coefficient (Wildman–Crippen LogP) is 13.8. The molecule has 0 atom stereocenters. The molecule has 2 N–H and O–H groups in total. The van der Waals surface area contributed by atoms with Crippen LogP contribution in [-0.4, -0.2) is 40.9 Å². The Labute approximate surface area is 285 Å². The highest BCUT2D eigenvalue weighted by Gasteiger charge is 2.06. The summed E-state index contributed by atoms with van der Waals surface area (Å²) in [6, 6.07) is 0. The maximum absolute atomic E-state index is 8.76. The van der Waals surface area contributed by atoms with Crippen LogP contribution in [0.3, 0.4) is 0 Å². The number of nitrogens with zero attached hydrogens (tertiary/aromatic N) is 1. The van der Waals surface area contributed by atoms with E-state index >= 15 is 0 Å². The van der Waals surface area contributed by atoms with Crippen molar-refractivity contribution in [3.8, 4) is 0 Å². The molecule has 0 aromatic carbocycles. The molecule has 45 heavy (non-hydrogen) atoms. The van der Waals surface area contributed by atoms with Gasteiger partial charge in [-0.05, 0) is 45.3 Å². The molecular weight excluding hydrogens is 573 g/mol. The van der Waals surface area contributed by atoms with Gasteiger partial charge in [-0.1, -0.05) is 206 Å². The van der Waals surface area contributed by atoms with Crippen molar-refractivity contribution in [2.45, 2.75) is 232 Å². The Bertz CT molecular complexity index is 494. The van der Waals surface area contributed by atoms with E-state index in [9.17, 15) is 0 Å². The molecule has 0 aliphatic rings. The number of unbranched alkanes of at least 4 members (excludes halogenated alkanes) is 31. The molecule has 272 valence electrons. The van der Waals surface area contributed by atoms with E-state index in [1.165, 1.54) is 225 Å². The van der Waals surface area contributed by atoms with Gasteiger partial charge < -0.3 is 19.2 Å². The minimum Gasteiger partial charge on any atom is -0.328 e. The summed E-state index contributed by atoms with van der Waals surface area (Å²) in [5.41, 5.74) is 0. The fraction of sp³-hybridized carbons (Fsp3) is 1.00. The van der Waals surface area contributed by atoms with Crippen LogP contribution in [0.2, 0.25) is 0 Å². The molecule has 0 heterocycles. The smallest absolute Gasteiger partial charge is 0.327 e. The summed E-state index contributed by atoms with van der Waals surface area (Å²) in [6.07, 6.45) is 47.5.